The van der Waals surface area contributed by atoms with Crippen molar-refractivity contribution in [1.29, 1.82) is 0 Å². The third-order valence-electron chi connectivity index (χ3n) is 4.98. The SMILES string of the molecule is CC(C)(C)OC(=O)N1Cc2ccc(F)cc2C2(C1)NC(=O)c1c(Cl)cc(Br)c(=O)n12. The highest BCUT2D eigenvalue weighted by atomic mass is 79.9. The van der Waals surface area contributed by atoms with E-state index in [1.807, 2.05) is 0 Å². The van der Waals surface area contributed by atoms with Gasteiger partial charge in [-0.15, -0.1) is 0 Å². The van der Waals surface area contributed by atoms with Crippen molar-refractivity contribution >= 4 is 39.5 Å². The molecule has 2 aromatic rings. The summed E-state index contributed by atoms with van der Waals surface area (Å²) in [5.41, 5.74) is -1.90. The van der Waals surface area contributed by atoms with E-state index < -0.39 is 34.6 Å². The lowest BCUT2D eigenvalue weighted by Gasteiger charge is -2.42. The van der Waals surface area contributed by atoms with Crippen LogP contribution in [0.15, 0.2) is 33.5 Å². The number of hydrogen-bond acceptors (Lipinski definition) is 4. The van der Waals surface area contributed by atoms with E-state index in [4.69, 9.17) is 16.3 Å². The minimum atomic E-state index is -1.52. The number of aromatic nitrogens is 1. The number of amides is 2. The van der Waals surface area contributed by atoms with Crippen LogP contribution in [0.2, 0.25) is 5.02 Å². The number of benzene rings is 1. The minimum absolute atomic E-state index is 0.0499. The van der Waals surface area contributed by atoms with Gasteiger partial charge in [-0.1, -0.05) is 17.7 Å². The Morgan fingerprint density at radius 3 is 2.67 bits per heavy atom. The van der Waals surface area contributed by atoms with Gasteiger partial charge in [0.1, 0.15) is 17.1 Å². The van der Waals surface area contributed by atoms with Gasteiger partial charge < -0.3 is 10.1 Å². The summed E-state index contributed by atoms with van der Waals surface area (Å²) in [6, 6.07) is 5.39. The van der Waals surface area contributed by atoms with E-state index in [1.54, 1.807) is 20.8 Å². The molecule has 1 atom stereocenters. The minimum Gasteiger partial charge on any atom is -0.444 e. The Morgan fingerprint density at radius 2 is 2.00 bits per heavy atom. The molecule has 0 saturated heterocycles. The van der Waals surface area contributed by atoms with Gasteiger partial charge in [0.2, 0.25) is 0 Å². The Morgan fingerprint density at radius 1 is 1.30 bits per heavy atom. The molecule has 2 aliphatic rings. The predicted molar refractivity (Wildman–Crippen MR) is 111 cm³/mol. The highest BCUT2D eigenvalue weighted by Crippen LogP contribution is 2.39. The summed E-state index contributed by atoms with van der Waals surface area (Å²) < 4.78 is 21.0. The molecule has 1 unspecified atom stereocenters. The van der Waals surface area contributed by atoms with E-state index in [0.717, 1.165) is 0 Å². The van der Waals surface area contributed by atoms with Crippen molar-refractivity contribution in [2.75, 3.05) is 6.54 Å². The van der Waals surface area contributed by atoms with E-state index >= 15 is 0 Å². The fourth-order valence-electron chi connectivity index (χ4n) is 3.88. The average Bonchev–Trinajstić information content (AvgIpc) is 2.92. The van der Waals surface area contributed by atoms with E-state index in [1.165, 1.54) is 33.7 Å². The molecular weight excluding hydrogens is 481 g/mol. The number of fused-ring (bicyclic) bond motifs is 4. The summed E-state index contributed by atoms with van der Waals surface area (Å²) >= 11 is 9.43. The van der Waals surface area contributed by atoms with Gasteiger partial charge in [-0.05, 0) is 60.5 Å². The standard InChI is InChI=1S/C20H18BrClFN3O4/c1-19(2,3)30-18(29)25-8-10-4-5-11(23)6-12(10)20(9-25)24-16(27)15-14(22)7-13(21)17(28)26(15)20/h4-7H,8-9H2,1-3H3,(H,24,27). The van der Waals surface area contributed by atoms with Crippen LogP contribution >= 0.6 is 27.5 Å². The van der Waals surface area contributed by atoms with Crippen LogP contribution in [0.4, 0.5) is 9.18 Å². The monoisotopic (exact) mass is 497 g/mol. The van der Waals surface area contributed by atoms with Gasteiger partial charge in [-0.25, -0.2) is 9.18 Å². The van der Waals surface area contributed by atoms with Crippen LogP contribution in [-0.4, -0.2) is 33.6 Å². The second-order valence-corrected chi connectivity index (χ2v) is 9.54. The van der Waals surface area contributed by atoms with Crippen LogP contribution in [0.5, 0.6) is 0 Å². The first kappa shape index (κ1) is 20.9. The Kier molecular flexibility index (Phi) is 4.74. The number of nitrogens with one attached hydrogen (secondary N) is 1. The molecule has 1 aromatic heterocycles. The number of nitrogens with zero attached hydrogens (tertiary/aromatic N) is 2. The van der Waals surface area contributed by atoms with Crippen LogP contribution in [0, 0.1) is 5.82 Å². The molecule has 10 heteroatoms. The van der Waals surface area contributed by atoms with E-state index in [2.05, 4.69) is 21.2 Å². The molecule has 158 valence electrons. The third kappa shape index (κ3) is 3.20. The normalized spacial score (nSPS) is 20.1. The topological polar surface area (TPSA) is 80.6 Å². The average molecular weight is 499 g/mol. The van der Waals surface area contributed by atoms with Crippen LogP contribution in [0.1, 0.15) is 42.4 Å². The highest BCUT2D eigenvalue weighted by Gasteiger charge is 2.52. The van der Waals surface area contributed by atoms with Crippen molar-refractivity contribution in [1.82, 2.24) is 14.8 Å². The number of pyridine rings is 1. The summed E-state index contributed by atoms with van der Waals surface area (Å²) in [5.74, 6) is -1.12. The molecule has 0 radical (unpaired) electrons. The number of rotatable bonds is 0. The van der Waals surface area contributed by atoms with E-state index in [9.17, 15) is 18.8 Å². The molecule has 0 aliphatic carbocycles. The van der Waals surface area contributed by atoms with Crippen LogP contribution < -0.4 is 10.9 Å². The van der Waals surface area contributed by atoms with Gasteiger partial charge in [0, 0.05) is 12.1 Å². The summed E-state index contributed by atoms with van der Waals surface area (Å²) in [6.07, 6.45) is -0.617. The zero-order valence-electron chi connectivity index (χ0n) is 16.4. The molecule has 3 heterocycles. The van der Waals surface area contributed by atoms with Gasteiger partial charge in [0.05, 0.1) is 16.0 Å². The van der Waals surface area contributed by atoms with E-state index in [0.29, 0.717) is 11.1 Å². The van der Waals surface area contributed by atoms with Gasteiger partial charge in [0.15, 0.2) is 5.66 Å². The smallest absolute Gasteiger partial charge is 0.410 e. The quantitative estimate of drug-likeness (QED) is 0.602. The molecule has 30 heavy (non-hydrogen) atoms. The van der Waals surface area contributed by atoms with Crippen molar-refractivity contribution in [3.05, 3.63) is 66.8 Å². The zero-order valence-corrected chi connectivity index (χ0v) is 18.7. The Balaban J connectivity index is 1.96. The first-order chi connectivity index (χ1) is 13.9. The Labute approximate surface area is 184 Å². The van der Waals surface area contributed by atoms with Crippen molar-refractivity contribution in [2.45, 2.75) is 38.6 Å². The lowest BCUT2D eigenvalue weighted by Crippen LogP contribution is -2.59. The van der Waals surface area contributed by atoms with Crippen molar-refractivity contribution in [3.8, 4) is 0 Å². The molecule has 0 bridgehead atoms. The predicted octanol–water partition coefficient (Wildman–Crippen LogP) is 3.60. The molecule has 0 saturated carbocycles. The maximum absolute atomic E-state index is 14.2. The molecule has 4 rings (SSSR count). The van der Waals surface area contributed by atoms with Crippen molar-refractivity contribution in [3.63, 3.8) is 0 Å². The summed E-state index contributed by atoms with van der Waals surface area (Å²) in [6.45, 7) is 5.21. The maximum Gasteiger partial charge on any atom is 0.410 e. The molecular formula is C20H18BrClFN3O4. The third-order valence-corrected chi connectivity index (χ3v) is 5.83. The van der Waals surface area contributed by atoms with Gasteiger partial charge in [-0.2, -0.15) is 0 Å². The van der Waals surface area contributed by atoms with Gasteiger partial charge in [-0.3, -0.25) is 19.1 Å². The maximum atomic E-state index is 14.2. The lowest BCUT2D eigenvalue weighted by molar-refractivity contribution is 0.0121. The number of halogens is 3. The fourth-order valence-corrected chi connectivity index (χ4v) is 4.70. The van der Waals surface area contributed by atoms with Crippen molar-refractivity contribution < 1.29 is 18.7 Å². The molecule has 1 spiro atoms. The second kappa shape index (κ2) is 6.81. The Bertz CT molecular complexity index is 1160. The molecule has 7 nitrogen and oxygen atoms in total. The summed E-state index contributed by atoms with van der Waals surface area (Å²) in [5, 5.41) is 2.84. The number of carbonyl (C=O) groups is 2. The van der Waals surface area contributed by atoms with Crippen LogP contribution in [0.25, 0.3) is 0 Å². The fraction of sp³-hybridized carbons (Fsp3) is 0.350. The molecule has 2 aliphatic heterocycles. The Hall–Kier alpha value is -2.39. The van der Waals surface area contributed by atoms with Crippen LogP contribution in [0.3, 0.4) is 0 Å². The van der Waals surface area contributed by atoms with Crippen molar-refractivity contribution in [2.24, 2.45) is 0 Å². The van der Waals surface area contributed by atoms with Crippen LogP contribution in [-0.2, 0) is 16.9 Å². The molecule has 1 N–H and O–H groups in total. The number of hydrogen-bond donors (Lipinski definition) is 1. The zero-order chi connectivity index (χ0) is 22.0. The first-order valence-electron chi connectivity index (χ1n) is 9.14. The highest BCUT2D eigenvalue weighted by molar-refractivity contribution is 9.10. The largest absolute Gasteiger partial charge is 0.444 e. The van der Waals surface area contributed by atoms with E-state index in [-0.39, 0.29) is 28.3 Å². The second-order valence-electron chi connectivity index (χ2n) is 8.28. The number of ether oxygens (including phenoxy) is 1. The molecule has 2 amide bonds. The van der Waals surface area contributed by atoms with Gasteiger partial charge in [0.25, 0.3) is 11.5 Å². The number of carbonyl (C=O) groups excluding carboxylic acids is 2. The molecule has 1 aromatic carbocycles. The summed E-state index contributed by atoms with van der Waals surface area (Å²) in [4.78, 5) is 40.1. The van der Waals surface area contributed by atoms with Gasteiger partial charge >= 0.3 is 6.09 Å². The summed E-state index contributed by atoms with van der Waals surface area (Å²) in [7, 11) is 0. The molecule has 0 fully saturated rings. The first-order valence-corrected chi connectivity index (χ1v) is 10.3. The lowest BCUT2D eigenvalue weighted by atomic mass is 9.89.